The minimum absolute atomic E-state index is 0.0480. The van der Waals surface area contributed by atoms with Crippen LogP contribution in [0, 0.1) is 17.8 Å². The number of carbonyl (C=O) groups excluding carboxylic acids is 1. The molecule has 6 heteroatoms. The van der Waals surface area contributed by atoms with Crippen LogP contribution in [0.1, 0.15) is 58.8 Å². The van der Waals surface area contributed by atoms with Crippen molar-refractivity contribution in [3.63, 3.8) is 0 Å². The SMILES string of the molecule is CC(C)(CC(=O)NC12CC3CC(CC(C3)C1)C2)NS(=O)(=O)c1ccc2ccccc2c1. The van der Waals surface area contributed by atoms with Gasteiger partial charge in [-0.3, -0.25) is 4.79 Å². The van der Waals surface area contributed by atoms with Crippen LogP contribution in [-0.4, -0.2) is 25.4 Å². The number of benzene rings is 2. The van der Waals surface area contributed by atoms with Crippen LogP contribution in [0.4, 0.5) is 0 Å². The van der Waals surface area contributed by atoms with Gasteiger partial charge in [-0.1, -0.05) is 30.3 Å². The number of sulfonamides is 1. The van der Waals surface area contributed by atoms with Gasteiger partial charge in [0, 0.05) is 17.5 Å². The molecule has 6 rings (SSSR count). The second-order valence-corrected chi connectivity index (χ2v) is 12.6. The monoisotopic (exact) mass is 440 g/mol. The van der Waals surface area contributed by atoms with Crippen molar-refractivity contribution in [2.75, 3.05) is 0 Å². The first-order chi connectivity index (χ1) is 14.6. The maximum absolute atomic E-state index is 13.0. The maximum atomic E-state index is 13.0. The lowest BCUT2D eigenvalue weighted by Crippen LogP contribution is -2.60. The van der Waals surface area contributed by atoms with Gasteiger partial charge >= 0.3 is 0 Å². The Morgan fingerprint density at radius 2 is 1.55 bits per heavy atom. The molecule has 5 nitrogen and oxygen atoms in total. The molecule has 1 amide bonds. The normalized spacial score (nSPS) is 29.9. The molecule has 0 spiro atoms. The highest BCUT2D eigenvalue weighted by Gasteiger charge is 2.51. The number of hydrogen-bond donors (Lipinski definition) is 2. The summed E-state index contributed by atoms with van der Waals surface area (Å²) in [5.74, 6) is 2.22. The Bertz CT molecular complexity index is 1090. The van der Waals surface area contributed by atoms with E-state index in [9.17, 15) is 13.2 Å². The summed E-state index contributed by atoms with van der Waals surface area (Å²) < 4.78 is 28.8. The third-order valence-corrected chi connectivity index (χ3v) is 9.18. The first-order valence-corrected chi connectivity index (χ1v) is 12.9. The molecular weight excluding hydrogens is 408 g/mol. The molecular formula is C25H32N2O3S. The van der Waals surface area contributed by atoms with Gasteiger partial charge in [0.25, 0.3) is 0 Å². The van der Waals surface area contributed by atoms with Crippen molar-refractivity contribution in [2.45, 2.75) is 74.8 Å². The van der Waals surface area contributed by atoms with Crippen molar-refractivity contribution in [2.24, 2.45) is 17.8 Å². The van der Waals surface area contributed by atoms with Gasteiger partial charge in [-0.25, -0.2) is 13.1 Å². The van der Waals surface area contributed by atoms with Crippen LogP contribution in [0.5, 0.6) is 0 Å². The number of carbonyl (C=O) groups is 1. The third-order valence-electron chi connectivity index (χ3n) is 7.49. The zero-order chi connectivity index (χ0) is 21.9. The molecule has 4 aliphatic rings. The van der Waals surface area contributed by atoms with Crippen LogP contribution in [0.25, 0.3) is 10.8 Å². The summed E-state index contributed by atoms with van der Waals surface area (Å²) in [5, 5.41) is 5.23. The predicted octanol–water partition coefficient (Wildman–Crippen LogP) is 4.37. The summed E-state index contributed by atoms with van der Waals surface area (Å²) in [6.07, 6.45) is 7.38. The molecule has 2 aromatic carbocycles. The van der Waals surface area contributed by atoms with Crippen molar-refractivity contribution in [1.82, 2.24) is 10.0 Å². The molecule has 0 atom stereocenters. The van der Waals surface area contributed by atoms with Gasteiger partial charge in [0.15, 0.2) is 0 Å². The Kier molecular flexibility index (Phi) is 4.94. The van der Waals surface area contributed by atoms with E-state index in [-0.39, 0.29) is 22.8 Å². The molecule has 31 heavy (non-hydrogen) atoms. The molecule has 4 bridgehead atoms. The van der Waals surface area contributed by atoms with Crippen molar-refractivity contribution in [3.05, 3.63) is 42.5 Å². The van der Waals surface area contributed by atoms with Crippen LogP contribution in [-0.2, 0) is 14.8 Å². The van der Waals surface area contributed by atoms with E-state index in [4.69, 9.17) is 0 Å². The topological polar surface area (TPSA) is 75.3 Å². The summed E-state index contributed by atoms with van der Waals surface area (Å²) in [4.78, 5) is 13.2. The fourth-order valence-electron chi connectivity index (χ4n) is 6.80. The summed E-state index contributed by atoms with van der Waals surface area (Å²) in [5.41, 5.74) is -0.935. The maximum Gasteiger partial charge on any atom is 0.241 e. The lowest BCUT2D eigenvalue weighted by Gasteiger charge is -2.57. The Morgan fingerprint density at radius 3 is 2.16 bits per heavy atom. The van der Waals surface area contributed by atoms with E-state index < -0.39 is 15.6 Å². The van der Waals surface area contributed by atoms with Gasteiger partial charge in [0.2, 0.25) is 15.9 Å². The first-order valence-electron chi connectivity index (χ1n) is 11.5. The Labute approximate surface area is 185 Å². The molecule has 0 aromatic heterocycles. The average Bonchev–Trinajstić information content (AvgIpc) is 2.64. The second kappa shape index (κ2) is 7.31. The van der Waals surface area contributed by atoms with Crippen molar-refractivity contribution < 1.29 is 13.2 Å². The van der Waals surface area contributed by atoms with E-state index >= 15 is 0 Å². The molecule has 4 aliphatic carbocycles. The van der Waals surface area contributed by atoms with E-state index in [2.05, 4.69) is 10.0 Å². The highest BCUT2D eigenvalue weighted by atomic mass is 32.2. The largest absolute Gasteiger partial charge is 0.351 e. The quantitative estimate of drug-likeness (QED) is 0.700. The lowest BCUT2D eigenvalue weighted by molar-refractivity contribution is -0.127. The van der Waals surface area contributed by atoms with Crippen LogP contribution in [0.2, 0.25) is 0 Å². The van der Waals surface area contributed by atoms with E-state index in [0.717, 1.165) is 47.8 Å². The zero-order valence-electron chi connectivity index (χ0n) is 18.4. The van der Waals surface area contributed by atoms with Crippen LogP contribution in [0.15, 0.2) is 47.4 Å². The summed E-state index contributed by atoms with van der Waals surface area (Å²) in [7, 11) is -3.74. The summed E-state index contributed by atoms with van der Waals surface area (Å²) in [6, 6.07) is 12.8. The molecule has 0 radical (unpaired) electrons. The molecule has 0 unspecified atom stereocenters. The number of hydrogen-bond acceptors (Lipinski definition) is 3. The van der Waals surface area contributed by atoms with E-state index in [1.807, 2.05) is 30.3 Å². The van der Waals surface area contributed by atoms with E-state index in [1.165, 1.54) is 19.3 Å². The lowest BCUT2D eigenvalue weighted by atomic mass is 9.53. The van der Waals surface area contributed by atoms with E-state index in [0.29, 0.717) is 0 Å². The molecule has 0 heterocycles. The average molecular weight is 441 g/mol. The van der Waals surface area contributed by atoms with Crippen LogP contribution < -0.4 is 10.0 Å². The fraction of sp³-hybridized carbons (Fsp3) is 0.560. The molecule has 2 aromatic rings. The number of nitrogens with one attached hydrogen (secondary N) is 2. The summed E-state index contributed by atoms with van der Waals surface area (Å²) in [6.45, 7) is 3.57. The minimum atomic E-state index is -3.74. The molecule has 2 N–H and O–H groups in total. The van der Waals surface area contributed by atoms with Crippen molar-refractivity contribution >= 4 is 26.7 Å². The fourth-order valence-corrected chi connectivity index (χ4v) is 8.25. The van der Waals surface area contributed by atoms with Gasteiger partial charge in [0.05, 0.1) is 4.90 Å². The Morgan fingerprint density at radius 1 is 0.968 bits per heavy atom. The number of rotatable bonds is 6. The van der Waals surface area contributed by atoms with Gasteiger partial charge in [-0.15, -0.1) is 0 Å². The number of fused-ring (bicyclic) bond motifs is 1. The van der Waals surface area contributed by atoms with Gasteiger partial charge in [0.1, 0.15) is 0 Å². The van der Waals surface area contributed by atoms with Gasteiger partial charge in [-0.2, -0.15) is 0 Å². The van der Waals surface area contributed by atoms with Crippen LogP contribution in [0.3, 0.4) is 0 Å². The minimum Gasteiger partial charge on any atom is -0.351 e. The molecule has 166 valence electrons. The summed E-state index contributed by atoms with van der Waals surface area (Å²) >= 11 is 0. The Balaban J connectivity index is 1.27. The number of amides is 1. The Hall–Kier alpha value is -1.92. The van der Waals surface area contributed by atoms with Gasteiger partial charge in [-0.05, 0) is 93.0 Å². The smallest absolute Gasteiger partial charge is 0.241 e. The zero-order valence-corrected chi connectivity index (χ0v) is 19.2. The highest BCUT2D eigenvalue weighted by molar-refractivity contribution is 7.89. The second-order valence-electron chi connectivity index (χ2n) is 10.9. The molecule has 4 fully saturated rings. The standard InChI is InChI=1S/C25H32N2O3S/c1-24(2,27-31(29,30)22-8-7-20-5-3-4-6-21(20)12-22)16-23(28)26-25-13-17-9-18(14-25)11-19(10-17)15-25/h3-8,12,17-19,27H,9-11,13-16H2,1-2H3,(H,26,28). The van der Waals surface area contributed by atoms with E-state index in [1.54, 1.807) is 26.0 Å². The van der Waals surface area contributed by atoms with Crippen molar-refractivity contribution in [3.8, 4) is 0 Å². The first kappa shape index (κ1) is 21.0. The van der Waals surface area contributed by atoms with Crippen molar-refractivity contribution in [1.29, 1.82) is 0 Å². The predicted molar refractivity (Wildman–Crippen MR) is 122 cm³/mol. The highest BCUT2D eigenvalue weighted by Crippen LogP contribution is 2.55. The third kappa shape index (κ3) is 4.24. The van der Waals surface area contributed by atoms with Gasteiger partial charge < -0.3 is 5.32 Å². The molecule has 0 aliphatic heterocycles. The molecule has 4 saturated carbocycles. The molecule has 0 saturated heterocycles. The van der Waals surface area contributed by atoms with Crippen LogP contribution >= 0.6 is 0 Å².